The van der Waals surface area contributed by atoms with Gasteiger partial charge in [-0.15, -0.1) is 0 Å². The first-order chi connectivity index (χ1) is 5.40. The van der Waals surface area contributed by atoms with Crippen molar-refractivity contribution in [2.24, 2.45) is 0 Å². The molecule has 1 aromatic rings. The fourth-order valence-corrected chi connectivity index (χ4v) is 1.22. The van der Waals surface area contributed by atoms with E-state index in [4.69, 9.17) is 0 Å². The highest BCUT2D eigenvalue weighted by Crippen LogP contribution is 2.11. The normalized spacial score (nSPS) is 18.3. The molecule has 1 N–H and O–H groups in total. The van der Waals surface area contributed by atoms with Gasteiger partial charge in [0.25, 0.3) is 0 Å². The highest BCUT2D eigenvalue weighted by atomic mass is 15.3. The van der Waals surface area contributed by atoms with Crippen LogP contribution in [0.3, 0.4) is 0 Å². The Kier molecular flexibility index (Phi) is 1.66. The number of aromatic nitrogens is 2. The zero-order valence-electron chi connectivity index (χ0n) is 6.75. The summed E-state index contributed by atoms with van der Waals surface area (Å²) in [6, 6.07) is 0.607. The molecule has 3 heteroatoms. The number of nitrogens with one attached hydrogen (secondary N) is 1. The van der Waals surface area contributed by atoms with E-state index in [0.717, 1.165) is 19.5 Å². The minimum atomic E-state index is 0.607. The van der Waals surface area contributed by atoms with E-state index in [9.17, 15) is 0 Å². The van der Waals surface area contributed by atoms with Crippen molar-refractivity contribution in [1.82, 2.24) is 15.1 Å². The lowest BCUT2D eigenvalue weighted by molar-refractivity contribution is 0.318. The van der Waals surface area contributed by atoms with Crippen molar-refractivity contribution in [2.75, 3.05) is 13.1 Å². The van der Waals surface area contributed by atoms with E-state index < -0.39 is 0 Å². The fraction of sp³-hybridized carbons (Fsp3) is 0.625. The molecule has 1 aliphatic rings. The van der Waals surface area contributed by atoms with Gasteiger partial charge in [-0.1, -0.05) is 6.92 Å². The van der Waals surface area contributed by atoms with Crippen LogP contribution >= 0.6 is 0 Å². The molecule has 60 valence electrons. The Morgan fingerprint density at radius 1 is 1.73 bits per heavy atom. The Balaban J connectivity index is 2.11. The second kappa shape index (κ2) is 2.66. The molecule has 0 aromatic carbocycles. The van der Waals surface area contributed by atoms with Crippen molar-refractivity contribution in [2.45, 2.75) is 19.4 Å². The van der Waals surface area contributed by atoms with Gasteiger partial charge in [0, 0.05) is 19.3 Å². The van der Waals surface area contributed by atoms with Crippen molar-refractivity contribution in [3.8, 4) is 0 Å². The maximum atomic E-state index is 4.29. The Labute approximate surface area is 66.4 Å². The van der Waals surface area contributed by atoms with E-state index in [0.29, 0.717) is 6.04 Å². The SMILES string of the molecule is CCc1cnn(C2CNC2)c1. The highest BCUT2D eigenvalue weighted by Gasteiger charge is 2.18. The average molecular weight is 151 g/mol. The standard InChI is InChI=1S/C8H13N3/c1-2-7-3-10-11(6-7)8-4-9-5-8/h3,6,8-9H,2,4-5H2,1H3. The van der Waals surface area contributed by atoms with E-state index in [-0.39, 0.29) is 0 Å². The van der Waals surface area contributed by atoms with Crippen molar-refractivity contribution >= 4 is 0 Å². The van der Waals surface area contributed by atoms with Crippen LogP contribution in [-0.4, -0.2) is 22.9 Å². The molecular formula is C8H13N3. The van der Waals surface area contributed by atoms with Gasteiger partial charge in [-0.2, -0.15) is 5.10 Å². The zero-order valence-corrected chi connectivity index (χ0v) is 6.75. The average Bonchev–Trinajstić information content (AvgIpc) is 2.32. The number of rotatable bonds is 2. The largest absolute Gasteiger partial charge is 0.312 e. The van der Waals surface area contributed by atoms with Crippen LogP contribution in [0.4, 0.5) is 0 Å². The molecule has 11 heavy (non-hydrogen) atoms. The van der Waals surface area contributed by atoms with Crippen molar-refractivity contribution in [3.05, 3.63) is 18.0 Å². The second-order valence-corrected chi connectivity index (χ2v) is 2.99. The third kappa shape index (κ3) is 1.16. The Hall–Kier alpha value is -0.830. The monoisotopic (exact) mass is 151 g/mol. The summed E-state index contributed by atoms with van der Waals surface area (Å²) in [5, 5.41) is 7.51. The Morgan fingerprint density at radius 3 is 3.00 bits per heavy atom. The van der Waals surface area contributed by atoms with Gasteiger partial charge in [0.2, 0.25) is 0 Å². The minimum Gasteiger partial charge on any atom is -0.312 e. The summed E-state index contributed by atoms with van der Waals surface area (Å²) in [5.41, 5.74) is 1.33. The summed E-state index contributed by atoms with van der Waals surface area (Å²) in [6.45, 7) is 4.30. The van der Waals surface area contributed by atoms with Gasteiger partial charge >= 0.3 is 0 Å². The molecular weight excluding hydrogens is 138 g/mol. The Morgan fingerprint density at radius 2 is 2.55 bits per heavy atom. The van der Waals surface area contributed by atoms with Crippen LogP contribution in [0.15, 0.2) is 12.4 Å². The summed E-state index contributed by atoms with van der Waals surface area (Å²) < 4.78 is 2.06. The van der Waals surface area contributed by atoms with Gasteiger partial charge in [0.15, 0.2) is 0 Å². The van der Waals surface area contributed by atoms with E-state index in [1.807, 2.05) is 6.20 Å². The molecule has 1 aliphatic heterocycles. The first-order valence-corrected chi connectivity index (χ1v) is 4.14. The molecule has 0 bridgehead atoms. The quantitative estimate of drug-likeness (QED) is 0.670. The van der Waals surface area contributed by atoms with Crippen molar-refractivity contribution in [3.63, 3.8) is 0 Å². The van der Waals surface area contributed by atoms with Crippen LogP contribution in [0.5, 0.6) is 0 Å². The van der Waals surface area contributed by atoms with Crippen LogP contribution in [0.2, 0.25) is 0 Å². The van der Waals surface area contributed by atoms with Crippen LogP contribution in [0.25, 0.3) is 0 Å². The lowest BCUT2D eigenvalue weighted by Gasteiger charge is -2.27. The third-order valence-electron chi connectivity index (χ3n) is 2.20. The van der Waals surface area contributed by atoms with E-state index >= 15 is 0 Å². The number of nitrogens with zero attached hydrogens (tertiary/aromatic N) is 2. The third-order valence-corrected chi connectivity index (χ3v) is 2.20. The molecule has 1 aromatic heterocycles. The van der Waals surface area contributed by atoms with Gasteiger partial charge in [-0.3, -0.25) is 4.68 Å². The van der Waals surface area contributed by atoms with Crippen molar-refractivity contribution < 1.29 is 0 Å². The molecule has 3 nitrogen and oxygen atoms in total. The van der Waals surface area contributed by atoms with E-state index in [2.05, 4.69) is 28.2 Å². The van der Waals surface area contributed by atoms with E-state index in [1.54, 1.807) is 0 Å². The molecule has 0 atom stereocenters. The predicted octanol–water partition coefficient (Wildman–Crippen LogP) is 0.590. The lowest BCUT2D eigenvalue weighted by atomic mass is 10.2. The van der Waals surface area contributed by atoms with E-state index in [1.165, 1.54) is 5.56 Å². The van der Waals surface area contributed by atoms with Crippen LogP contribution in [-0.2, 0) is 6.42 Å². The van der Waals surface area contributed by atoms with Crippen LogP contribution < -0.4 is 5.32 Å². The molecule has 2 rings (SSSR count). The molecule has 0 radical (unpaired) electrons. The molecule has 2 heterocycles. The minimum absolute atomic E-state index is 0.607. The summed E-state index contributed by atoms with van der Waals surface area (Å²) in [4.78, 5) is 0. The molecule has 0 spiro atoms. The van der Waals surface area contributed by atoms with Crippen LogP contribution in [0.1, 0.15) is 18.5 Å². The molecule has 0 saturated carbocycles. The summed E-state index contributed by atoms with van der Waals surface area (Å²) in [6.07, 6.45) is 5.18. The number of aryl methyl sites for hydroxylation is 1. The first kappa shape index (κ1) is 6.85. The molecule has 1 fully saturated rings. The molecule has 0 unspecified atom stereocenters. The van der Waals surface area contributed by atoms with Gasteiger partial charge in [-0.25, -0.2) is 0 Å². The topological polar surface area (TPSA) is 29.9 Å². The number of hydrogen-bond donors (Lipinski definition) is 1. The fourth-order valence-electron chi connectivity index (χ4n) is 1.22. The van der Waals surface area contributed by atoms with Crippen LogP contribution in [0, 0.1) is 0 Å². The Bertz CT molecular complexity index is 237. The summed E-state index contributed by atoms with van der Waals surface area (Å²) >= 11 is 0. The lowest BCUT2D eigenvalue weighted by Crippen LogP contribution is -2.43. The highest BCUT2D eigenvalue weighted by molar-refractivity contribution is 5.04. The maximum Gasteiger partial charge on any atom is 0.0767 e. The van der Waals surface area contributed by atoms with Crippen molar-refractivity contribution in [1.29, 1.82) is 0 Å². The number of hydrogen-bond acceptors (Lipinski definition) is 2. The summed E-state index contributed by atoms with van der Waals surface area (Å²) in [7, 11) is 0. The molecule has 1 saturated heterocycles. The predicted molar refractivity (Wildman–Crippen MR) is 43.5 cm³/mol. The van der Waals surface area contributed by atoms with Gasteiger partial charge in [0.1, 0.15) is 0 Å². The first-order valence-electron chi connectivity index (χ1n) is 4.14. The molecule has 0 aliphatic carbocycles. The second-order valence-electron chi connectivity index (χ2n) is 2.99. The van der Waals surface area contributed by atoms with Gasteiger partial charge in [0.05, 0.1) is 12.2 Å². The summed E-state index contributed by atoms with van der Waals surface area (Å²) in [5.74, 6) is 0. The maximum absolute atomic E-state index is 4.29. The van der Waals surface area contributed by atoms with Gasteiger partial charge in [-0.05, 0) is 12.0 Å². The molecule has 0 amide bonds. The zero-order chi connectivity index (χ0) is 7.68. The van der Waals surface area contributed by atoms with Gasteiger partial charge < -0.3 is 5.32 Å². The smallest absolute Gasteiger partial charge is 0.0767 e.